The number of pyridine rings is 1. The molecular weight excluding hydrogens is 344 g/mol. The standard InChI is InChI=1S/C20H18N4OS/c1-13(16-8-5-6-10-21-16)24-19-15-11-18(26-20(15)23-12-22-19)14-7-3-4-9-17(14)25-2/h3-13H,1-2H3,(H,22,23,24)/t13-/m1/s1. The number of ether oxygens (including phenoxy) is 1. The smallest absolute Gasteiger partial charge is 0.138 e. The highest BCUT2D eigenvalue weighted by Crippen LogP contribution is 2.39. The first kappa shape index (κ1) is 16.5. The Morgan fingerprint density at radius 2 is 1.88 bits per heavy atom. The Labute approximate surface area is 155 Å². The maximum atomic E-state index is 5.50. The first-order chi connectivity index (χ1) is 12.8. The Morgan fingerprint density at radius 1 is 1.04 bits per heavy atom. The monoisotopic (exact) mass is 362 g/mol. The molecular formula is C20H18N4OS. The van der Waals surface area contributed by atoms with Crippen molar-refractivity contribution in [2.24, 2.45) is 0 Å². The molecule has 0 aliphatic heterocycles. The van der Waals surface area contributed by atoms with Gasteiger partial charge in [0.2, 0.25) is 0 Å². The van der Waals surface area contributed by atoms with Gasteiger partial charge in [-0.1, -0.05) is 18.2 Å². The van der Waals surface area contributed by atoms with Crippen molar-refractivity contribution in [3.63, 3.8) is 0 Å². The van der Waals surface area contributed by atoms with E-state index in [1.54, 1.807) is 31.0 Å². The summed E-state index contributed by atoms with van der Waals surface area (Å²) in [6, 6.07) is 16.1. The third-order valence-corrected chi connectivity index (χ3v) is 5.26. The van der Waals surface area contributed by atoms with E-state index in [0.717, 1.165) is 37.9 Å². The largest absolute Gasteiger partial charge is 0.496 e. The normalized spacial score (nSPS) is 12.1. The van der Waals surface area contributed by atoms with Gasteiger partial charge in [0.1, 0.15) is 22.7 Å². The van der Waals surface area contributed by atoms with Gasteiger partial charge >= 0.3 is 0 Å². The average molecular weight is 362 g/mol. The van der Waals surface area contributed by atoms with Crippen molar-refractivity contribution in [3.8, 4) is 16.2 Å². The van der Waals surface area contributed by atoms with Crippen molar-refractivity contribution >= 4 is 27.4 Å². The fraction of sp³-hybridized carbons (Fsp3) is 0.150. The molecule has 1 atom stereocenters. The van der Waals surface area contributed by atoms with Crippen LogP contribution in [0.5, 0.6) is 5.75 Å². The van der Waals surface area contributed by atoms with Crippen LogP contribution in [0.15, 0.2) is 61.1 Å². The predicted molar refractivity (Wildman–Crippen MR) is 106 cm³/mol. The highest BCUT2D eigenvalue weighted by molar-refractivity contribution is 7.22. The van der Waals surface area contributed by atoms with E-state index in [4.69, 9.17) is 4.74 Å². The number of para-hydroxylation sites is 1. The van der Waals surface area contributed by atoms with Gasteiger partial charge in [0, 0.05) is 16.6 Å². The van der Waals surface area contributed by atoms with Gasteiger partial charge in [0.15, 0.2) is 0 Å². The number of nitrogens with zero attached hydrogens (tertiary/aromatic N) is 3. The summed E-state index contributed by atoms with van der Waals surface area (Å²) in [4.78, 5) is 15.3. The summed E-state index contributed by atoms with van der Waals surface area (Å²) in [6.07, 6.45) is 3.39. The molecule has 4 aromatic rings. The predicted octanol–water partition coefficient (Wildman–Crippen LogP) is 4.94. The van der Waals surface area contributed by atoms with Crippen molar-refractivity contribution in [2.75, 3.05) is 12.4 Å². The van der Waals surface area contributed by atoms with Crippen LogP contribution in [0.3, 0.4) is 0 Å². The van der Waals surface area contributed by atoms with Crippen molar-refractivity contribution < 1.29 is 4.74 Å². The maximum absolute atomic E-state index is 5.50. The quantitative estimate of drug-likeness (QED) is 0.545. The molecule has 0 saturated heterocycles. The van der Waals surface area contributed by atoms with E-state index in [1.807, 2.05) is 36.4 Å². The number of anilines is 1. The maximum Gasteiger partial charge on any atom is 0.138 e. The molecule has 130 valence electrons. The lowest BCUT2D eigenvalue weighted by Crippen LogP contribution is -2.09. The second-order valence-electron chi connectivity index (χ2n) is 5.87. The summed E-state index contributed by atoms with van der Waals surface area (Å²) in [5.41, 5.74) is 2.03. The minimum Gasteiger partial charge on any atom is -0.496 e. The molecule has 26 heavy (non-hydrogen) atoms. The topological polar surface area (TPSA) is 59.9 Å². The summed E-state index contributed by atoms with van der Waals surface area (Å²) < 4.78 is 5.50. The van der Waals surface area contributed by atoms with E-state index in [1.165, 1.54) is 0 Å². The SMILES string of the molecule is COc1ccccc1-c1cc2c(N[C@H](C)c3ccccn3)ncnc2s1. The van der Waals surface area contributed by atoms with Gasteiger partial charge in [-0.15, -0.1) is 11.3 Å². The van der Waals surface area contributed by atoms with Gasteiger partial charge in [-0.05, 0) is 37.3 Å². The molecule has 0 spiro atoms. The van der Waals surface area contributed by atoms with Crippen LogP contribution in [0.1, 0.15) is 18.7 Å². The zero-order valence-electron chi connectivity index (χ0n) is 14.5. The zero-order chi connectivity index (χ0) is 17.9. The number of hydrogen-bond acceptors (Lipinski definition) is 6. The third-order valence-electron chi connectivity index (χ3n) is 4.19. The van der Waals surface area contributed by atoms with Gasteiger partial charge in [-0.2, -0.15) is 0 Å². The lowest BCUT2D eigenvalue weighted by Gasteiger charge is -2.14. The van der Waals surface area contributed by atoms with Crippen molar-refractivity contribution in [2.45, 2.75) is 13.0 Å². The van der Waals surface area contributed by atoms with Crippen molar-refractivity contribution in [1.29, 1.82) is 0 Å². The Kier molecular flexibility index (Phi) is 4.50. The molecule has 0 unspecified atom stereocenters. The highest BCUT2D eigenvalue weighted by Gasteiger charge is 2.15. The number of fused-ring (bicyclic) bond motifs is 1. The van der Waals surface area contributed by atoms with Gasteiger partial charge in [0.05, 0.1) is 24.2 Å². The van der Waals surface area contributed by atoms with E-state index in [9.17, 15) is 0 Å². The Balaban J connectivity index is 1.72. The molecule has 3 aromatic heterocycles. The average Bonchev–Trinajstić information content (AvgIpc) is 3.14. The van der Waals surface area contributed by atoms with Gasteiger partial charge < -0.3 is 10.1 Å². The van der Waals surface area contributed by atoms with E-state index >= 15 is 0 Å². The summed E-state index contributed by atoms with van der Waals surface area (Å²) >= 11 is 1.63. The zero-order valence-corrected chi connectivity index (χ0v) is 15.3. The molecule has 0 saturated carbocycles. The third kappa shape index (κ3) is 3.11. The van der Waals surface area contributed by atoms with Crippen LogP contribution in [-0.2, 0) is 0 Å². The Morgan fingerprint density at radius 3 is 2.69 bits per heavy atom. The number of rotatable bonds is 5. The number of thiophene rings is 1. The van der Waals surface area contributed by atoms with Crippen LogP contribution in [-0.4, -0.2) is 22.1 Å². The first-order valence-corrected chi connectivity index (χ1v) is 9.13. The number of benzene rings is 1. The van der Waals surface area contributed by atoms with Crippen molar-refractivity contribution in [3.05, 3.63) is 66.7 Å². The Bertz CT molecular complexity index is 1030. The molecule has 0 aliphatic rings. The summed E-state index contributed by atoms with van der Waals surface area (Å²) in [5, 5.41) is 4.46. The number of aromatic nitrogens is 3. The molecule has 0 amide bonds. The molecule has 0 bridgehead atoms. The van der Waals surface area contributed by atoms with Crippen LogP contribution < -0.4 is 10.1 Å². The first-order valence-electron chi connectivity index (χ1n) is 8.31. The van der Waals surface area contributed by atoms with E-state index in [0.29, 0.717) is 0 Å². The second kappa shape index (κ2) is 7.09. The second-order valence-corrected chi connectivity index (χ2v) is 6.90. The number of hydrogen-bond donors (Lipinski definition) is 1. The fourth-order valence-corrected chi connectivity index (χ4v) is 3.89. The molecule has 3 heterocycles. The van der Waals surface area contributed by atoms with Crippen LogP contribution in [0.25, 0.3) is 20.7 Å². The summed E-state index contributed by atoms with van der Waals surface area (Å²) in [5.74, 6) is 1.66. The molecule has 1 aromatic carbocycles. The minimum absolute atomic E-state index is 0.0453. The molecule has 1 N–H and O–H groups in total. The molecule has 4 rings (SSSR count). The minimum atomic E-state index is 0.0453. The van der Waals surface area contributed by atoms with Crippen molar-refractivity contribution in [1.82, 2.24) is 15.0 Å². The Hall–Kier alpha value is -2.99. The lowest BCUT2D eigenvalue weighted by molar-refractivity contribution is 0.416. The number of methoxy groups -OCH3 is 1. The van der Waals surface area contributed by atoms with Gasteiger partial charge in [-0.25, -0.2) is 9.97 Å². The fourth-order valence-electron chi connectivity index (χ4n) is 2.86. The summed E-state index contributed by atoms with van der Waals surface area (Å²) in [6.45, 7) is 2.07. The highest BCUT2D eigenvalue weighted by atomic mass is 32.1. The van der Waals surface area contributed by atoms with Crippen LogP contribution >= 0.6 is 11.3 Å². The van der Waals surface area contributed by atoms with Crippen LogP contribution in [0.4, 0.5) is 5.82 Å². The van der Waals surface area contributed by atoms with E-state index in [-0.39, 0.29) is 6.04 Å². The van der Waals surface area contributed by atoms with Gasteiger partial charge in [-0.3, -0.25) is 4.98 Å². The molecule has 0 fully saturated rings. The summed E-state index contributed by atoms with van der Waals surface area (Å²) in [7, 11) is 1.69. The molecule has 0 radical (unpaired) electrons. The van der Waals surface area contributed by atoms with Crippen LogP contribution in [0.2, 0.25) is 0 Å². The van der Waals surface area contributed by atoms with E-state index in [2.05, 4.69) is 39.3 Å². The molecule has 0 aliphatic carbocycles. The van der Waals surface area contributed by atoms with Crippen LogP contribution in [0, 0.1) is 0 Å². The lowest BCUT2D eigenvalue weighted by atomic mass is 10.1. The van der Waals surface area contributed by atoms with Gasteiger partial charge in [0.25, 0.3) is 0 Å². The molecule has 6 heteroatoms. The molecule has 5 nitrogen and oxygen atoms in total. The number of nitrogens with one attached hydrogen (secondary N) is 1. The van der Waals surface area contributed by atoms with E-state index < -0.39 is 0 Å².